The summed E-state index contributed by atoms with van der Waals surface area (Å²) < 4.78 is 31.4. The third-order valence-corrected chi connectivity index (χ3v) is 8.67. The largest absolute Gasteiger partial charge is 0.310 e. The number of nitrogens with zero attached hydrogens (tertiary/aromatic N) is 2. The van der Waals surface area contributed by atoms with Crippen LogP contribution >= 0.6 is 0 Å². The van der Waals surface area contributed by atoms with E-state index in [1.54, 1.807) is 12.1 Å². The van der Waals surface area contributed by atoms with Gasteiger partial charge in [0.05, 0.1) is 21.4 Å². The molecule has 0 spiro atoms. The lowest BCUT2D eigenvalue weighted by molar-refractivity contribution is 0.590. The lowest BCUT2D eigenvalue weighted by atomic mass is 10.1. The van der Waals surface area contributed by atoms with Crippen molar-refractivity contribution in [2.24, 2.45) is 0 Å². The van der Waals surface area contributed by atoms with E-state index in [1.807, 2.05) is 62.4 Å². The first-order chi connectivity index (χ1) is 17.4. The van der Waals surface area contributed by atoms with Gasteiger partial charge < -0.3 is 4.57 Å². The van der Waals surface area contributed by atoms with Gasteiger partial charge in [0.1, 0.15) is 0 Å². The van der Waals surface area contributed by atoms with Gasteiger partial charge in [-0.1, -0.05) is 60.2 Å². The van der Waals surface area contributed by atoms with Crippen LogP contribution in [0.4, 0.5) is 0 Å². The summed E-state index contributed by atoms with van der Waals surface area (Å²) in [6, 6.07) is 29.2. The molecule has 4 aromatic carbocycles. The predicted octanol–water partition coefficient (Wildman–Crippen LogP) is 7.63. The number of fused-ring (bicyclic) bond motifs is 4. The van der Waals surface area contributed by atoms with Crippen LogP contribution in [0.5, 0.6) is 0 Å². The average Bonchev–Trinajstić information content (AvgIpc) is 3.37. The van der Waals surface area contributed by atoms with Gasteiger partial charge in [-0.2, -0.15) is 0 Å². The monoisotopic (exact) mass is 490 g/mol. The summed E-state index contributed by atoms with van der Waals surface area (Å²) in [5.74, 6) is 0. The molecule has 0 saturated carbocycles. The second-order valence-electron chi connectivity index (χ2n) is 9.16. The highest BCUT2D eigenvalue weighted by molar-refractivity contribution is 7.90. The molecular formula is C31H26N2O2S. The first-order valence-electron chi connectivity index (χ1n) is 12.0. The Morgan fingerprint density at radius 2 is 1.33 bits per heavy atom. The Kier molecular flexibility index (Phi) is 5.13. The molecule has 178 valence electrons. The molecule has 0 aliphatic rings. The Bertz CT molecular complexity index is 1920. The van der Waals surface area contributed by atoms with Crippen LogP contribution in [0.15, 0.2) is 102 Å². The first kappa shape index (κ1) is 22.4. The summed E-state index contributed by atoms with van der Waals surface area (Å²) in [6.45, 7) is 6.12. The quantitative estimate of drug-likeness (QED) is 0.255. The number of hydrogen-bond acceptors (Lipinski definition) is 2. The second kappa shape index (κ2) is 8.25. The van der Waals surface area contributed by atoms with E-state index in [2.05, 4.69) is 54.0 Å². The van der Waals surface area contributed by atoms with Crippen LogP contribution in [0.1, 0.15) is 23.7 Å². The fourth-order valence-electron chi connectivity index (χ4n) is 5.20. The number of benzene rings is 4. The van der Waals surface area contributed by atoms with E-state index < -0.39 is 10.0 Å². The maximum Gasteiger partial charge on any atom is 0.268 e. The van der Waals surface area contributed by atoms with Crippen molar-refractivity contribution < 1.29 is 8.42 Å². The zero-order valence-electron chi connectivity index (χ0n) is 20.4. The average molecular weight is 491 g/mol. The number of hydrogen-bond donors (Lipinski definition) is 0. The van der Waals surface area contributed by atoms with Crippen molar-refractivity contribution in [1.82, 2.24) is 8.54 Å². The summed E-state index contributed by atoms with van der Waals surface area (Å²) in [5, 5.41) is 3.02. The van der Waals surface area contributed by atoms with Gasteiger partial charge in [-0.05, 0) is 74.9 Å². The van der Waals surface area contributed by atoms with E-state index in [4.69, 9.17) is 0 Å². The van der Waals surface area contributed by atoms with Crippen LogP contribution in [-0.4, -0.2) is 17.0 Å². The third kappa shape index (κ3) is 3.23. The third-order valence-electron chi connectivity index (χ3n) is 6.93. The summed E-state index contributed by atoms with van der Waals surface area (Å²) in [5.41, 5.74) is 6.82. The summed E-state index contributed by atoms with van der Waals surface area (Å²) in [6.07, 6.45) is 4.18. The molecule has 0 aliphatic heterocycles. The molecule has 0 aliphatic carbocycles. The highest BCUT2D eigenvalue weighted by atomic mass is 32.2. The molecule has 0 fully saturated rings. The number of rotatable bonds is 4. The fraction of sp³-hybridized carbons (Fsp3) is 0.0968. The maximum atomic E-state index is 13.9. The Morgan fingerprint density at radius 1 is 0.694 bits per heavy atom. The Hall–Kier alpha value is -4.09. The standard InChI is InChI=1S/C31H26N2O2S/c1-4-9-28-22(3)25-10-5-7-12-29(25)32(28)23-16-19-31-27(20-23)26-11-6-8-13-30(26)33(31)36(34,35)24-17-14-21(2)15-18-24/h4-20H,1-3H3. The molecule has 2 heterocycles. The van der Waals surface area contributed by atoms with Crippen LogP contribution < -0.4 is 0 Å². The van der Waals surface area contributed by atoms with Gasteiger partial charge in [0.2, 0.25) is 0 Å². The van der Waals surface area contributed by atoms with Crippen molar-refractivity contribution in [3.8, 4) is 5.69 Å². The minimum Gasteiger partial charge on any atom is -0.310 e. The number of aryl methyl sites for hydroxylation is 2. The smallest absolute Gasteiger partial charge is 0.268 e. The van der Waals surface area contributed by atoms with E-state index in [0.717, 1.165) is 33.2 Å². The van der Waals surface area contributed by atoms with Crippen molar-refractivity contribution in [3.63, 3.8) is 0 Å². The van der Waals surface area contributed by atoms with E-state index in [9.17, 15) is 8.42 Å². The SMILES string of the molecule is CC=Cc1c(C)c2ccccc2n1-c1ccc2c(c1)c1ccccc1n2S(=O)(=O)c1ccc(C)cc1. The van der Waals surface area contributed by atoms with Crippen LogP contribution in [0, 0.1) is 13.8 Å². The van der Waals surface area contributed by atoms with Gasteiger partial charge in [-0.3, -0.25) is 0 Å². The summed E-state index contributed by atoms with van der Waals surface area (Å²) >= 11 is 0. The lowest BCUT2D eigenvalue weighted by Gasteiger charge is -2.12. The highest BCUT2D eigenvalue weighted by Crippen LogP contribution is 2.36. The topological polar surface area (TPSA) is 44.0 Å². The second-order valence-corrected chi connectivity index (χ2v) is 11.0. The van der Waals surface area contributed by atoms with E-state index in [-0.39, 0.29) is 4.90 Å². The van der Waals surface area contributed by atoms with Crippen molar-refractivity contribution in [2.45, 2.75) is 25.7 Å². The van der Waals surface area contributed by atoms with Crippen LogP contribution in [-0.2, 0) is 10.0 Å². The summed E-state index contributed by atoms with van der Waals surface area (Å²) in [7, 11) is -3.79. The van der Waals surface area contributed by atoms with E-state index >= 15 is 0 Å². The maximum absolute atomic E-state index is 13.9. The highest BCUT2D eigenvalue weighted by Gasteiger charge is 2.24. The first-order valence-corrected chi connectivity index (χ1v) is 13.4. The molecule has 2 aromatic heterocycles. The van der Waals surface area contributed by atoms with E-state index in [0.29, 0.717) is 11.0 Å². The summed E-state index contributed by atoms with van der Waals surface area (Å²) in [4.78, 5) is 0.280. The molecule has 6 rings (SSSR count). The minimum atomic E-state index is -3.79. The molecule has 0 atom stereocenters. The Balaban J connectivity index is 1.67. The van der Waals surface area contributed by atoms with Gasteiger partial charge in [0.15, 0.2) is 0 Å². The van der Waals surface area contributed by atoms with Crippen molar-refractivity contribution >= 4 is 48.8 Å². The van der Waals surface area contributed by atoms with Gasteiger partial charge in [0.25, 0.3) is 10.0 Å². The Morgan fingerprint density at radius 3 is 2.06 bits per heavy atom. The molecule has 4 nitrogen and oxygen atoms in total. The predicted molar refractivity (Wildman–Crippen MR) is 149 cm³/mol. The van der Waals surface area contributed by atoms with Crippen LogP contribution in [0.3, 0.4) is 0 Å². The van der Waals surface area contributed by atoms with Crippen molar-refractivity contribution in [2.75, 3.05) is 0 Å². The molecule has 0 unspecified atom stereocenters. The molecule has 5 heteroatoms. The van der Waals surface area contributed by atoms with Crippen molar-refractivity contribution in [3.05, 3.63) is 114 Å². The number of aromatic nitrogens is 2. The number of allylic oxidation sites excluding steroid dienone is 1. The van der Waals surface area contributed by atoms with Gasteiger partial charge in [0, 0.05) is 27.5 Å². The zero-order chi connectivity index (χ0) is 25.0. The van der Waals surface area contributed by atoms with Gasteiger partial charge in [-0.25, -0.2) is 12.4 Å². The van der Waals surface area contributed by atoms with Crippen molar-refractivity contribution in [1.29, 1.82) is 0 Å². The van der Waals surface area contributed by atoms with Gasteiger partial charge >= 0.3 is 0 Å². The molecular weight excluding hydrogens is 464 g/mol. The number of para-hydroxylation sites is 2. The van der Waals surface area contributed by atoms with E-state index in [1.165, 1.54) is 14.9 Å². The normalized spacial score (nSPS) is 12.4. The molecule has 0 radical (unpaired) electrons. The zero-order valence-corrected chi connectivity index (χ0v) is 21.3. The van der Waals surface area contributed by atoms with Gasteiger partial charge in [-0.15, -0.1) is 0 Å². The Labute approximate surface area is 210 Å². The molecule has 0 bridgehead atoms. The molecule has 0 N–H and O–H groups in total. The fourth-order valence-corrected chi connectivity index (χ4v) is 6.72. The lowest BCUT2D eigenvalue weighted by Crippen LogP contribution is -2.12. The molecule has 0 saturated heterocycles. The van der Waals surface area contributed by atoms with Crippen LogP contribution in [0.2, 0.25) is 0 Å². The molecule has 6 aromatic rings. The molecule has 36 heavy (non-hydrogen) atoms. The minimum absolute atomic E-state index is 0.280. The van der Waals surface area contributed by atoms with Crippen LogP contribution in [0.25, 0.3) is 44.5 Å². The molecule has 0 amide bonds.